The summed E-state index contributed by atoms with van der Waals surface area (Å²) >= 11 is 11.4. The van der Waals surface area contributed by atoms with Crippen LogP contribution in [0.1, 0.15) is 66.4 Å². The van der Waals surface area contributed by atoms with Crippen LogP contribution in [0.2, 0.25) is 10.0 Å². The van der Waals surface area contributed by atoms with Crippen molar-refractivity contribution in [1.29, 1.82) is 0 Å². The van der Waals surface area contributed by atoms with E-state index in [9.17, 15) is 36.7 Å². The minimum absolute atomic E-state index is 0.0417. The van der Waals surface area contributed by atoms with Gasteiger partial charge in [0.1, 0.15) is 11.5 Å². The zero-order valence-electron chi connectivity index (χ0n) is 31.6. The summed E-state index contributed by atoms with van der Waals surface area (Å²) in [4.78, 5) is 47.3. The number of carboxylic acid groups (broad SMARTS) is 1. The molecule has 2 fully saturated rings. The SMILES string of the molecule is FC(F)c1ccc2c(c1)OCC21CCNCC1.O=C(Cc1ccc(Cl)cc1)C(=O)N1CCC2(CC1)COc1cc(C(F)F)ccc12.O=C(O)C(=O)Nc1ccc(Cl)cc1. The summed E-state index contributed by atoms with van der Waals surface area (Å²) in [7, 11) is 0. The number of nitrogens with zero attached hydrogens (tertiary/aromatic N) is 1. The Hall–Kier alpha value is -5.18. The van der Waals surface area contributed by atoms with Crippen molar-refractivity contribution in [3.05, 3.63) is 123 Å². The molecule has 4 aromatic carbocycles. The number of carboxylic acids is 1. The Labute approximate surface area is 347 Å². The van der Waals surface area contributed by atoms with Crippen molar-refractivity contribution in [2.75, 3.05) is 44.7 Å². The molecule has 0 aliphatic carbocycles. The quantitative estimate of drug-likeness (QED) is 0.130. The van der Waals surface area contributed by atoms with Gasteiger partial charge in [0.05, 0.1) is 13.2 Å². The smallest absolute Gasteiger partial charge is 0.394 e. The molecule has 0 radical (unpaired) electrons. The van der Waals surface area contributed by atoms with E-state index in [1.54, 1.807) is 47.4 Å². The lowest BCUT2D eigenvalue weighted by atomic mass is 9.74. The maximum absolute atomic E-state index is 12.9. The highest BCUT2D eigenvalue weighted by Crippen LogP contribution is 2.47. The van der Waals surface area contributed by atoms with E-state index in [1.165, 1.54) is 36.4 Å². The van der Waals surface area contributed by atoms with E-state index in [4.69, 9.17) is 37.8 Å². The van der Waals surface area contributed by atoms with Crippen LogP contribution in [-0.4, -0.2) is 73.0 Å². The molecule has 10 nitrogen and oxygen atoms in total. The van der Waals surface area contributed by atoms with Crippen LogP contribution in [0.25, 0.3) is 0 Å². The molecule has 8 rings (SSSR count). The van der Waals surface area contributed by atoms with E-state index >= 15 is 0 Å². The predicted molar refractivity (Wildman–Crippen MR) is 213 cm³/mol. The van der Waals surface area contributed by atoms with Crippen molar-refractivity contribution in [2.45, 2.75) is 55.8 Å². The number of hydrogen-bond acceptors (Lipinski definition) is 7. The second-order valence-corrected chi connectivity index (χ2v) is 15.7. The fourth-order valence-corrected chi connectivity index (χ4v) is 7.93. The Morgan fingerprint density at radius 3 is 1.66 bits per heavy atom. The van der Waals surface area contributed by atoms with Crippen LogP contribution in [0.4, 0.5) is 23.2 Å². The number of carbonyl (C=O) groups excluding carboxylic acids is 3. The summed E-state index contributed by atoms with van der Waals surface area (Å²) < 4.78 is 62.4. The zero-order chi connectivity index (χ0) is 42.3. The molecule has 0 aromatic heterocycles. The van der Waals surface area contributed by atoms with E-state index in [0.29, 0.717) is 66.4 Å². The second kappa shape index (κ2) is 18.8. The lowest BCUT2D eigenvalue weighted by Gasteiger charge is -2.38. The third-order valence-corrected chi connectivity index (χ3v) is 11.6. The topological polar surface area (TPSA) is 134 Å². The molecular weight excluding hydrogens is 817 g/mol. The number of rotatable bonds is 6. The molecule has 0 unspecified atom stereocenters. The van der Waals surface area contributed by atoms with Gasteiger partial charge in [-0.05, 0) is 92.9 Å². The normalized spacial score (nSPS) is 16.8. The van der Waals surface area contributed by atoms with Gasteiger partial charge in [-0.25, -0.2) is 22.4 Å². The fourth-order valence-electron chi connectivity index (χ4n) is 7.68. The summed E-state index contributed by atoms with van der Waals surface area (Å²) in [5, 5.41) is 14.9. The van der Waals surface area contributed by atoms with Crippen LogP contribution < -0.4 is 20.1 Å². The average molecular weight is 859 g/mol. The number of halogens is 6. The van der Waals surface area contributed by atoms with Crippen molar-refractivity contribution in [3.63, 3.8) is 0 Å². The van der Waals surface area contributed by atoms with E-state index < -0.39 is 36.4 Å². The summed E-state index contributed by atoms with van der Waals surface area (Å²) in [5.74, 6) is -2.36. The van der Waals surface area contributed by atoms with Gasteiger partial charge in [-0.1, -0.05) is 59.6 Å². The lowest BCUT2D eigenvalue weighted by Crippen LogP contribution is -2.48. The summed E-state index contributed by atoms with van der Waals surface area (Å²) in [6, 6.07) is 22.4. The van der Waals surface area contributed by atoms with Crippen LogP contribution in [-0.2, 0) is 36.4 Å². The fraction of sp³-hybridized carbons (Fsp3) is 0.349. The Bertz CT molecular complexity index is 2160. The first-order valence-electron chi connectivity index (χ1n) is 18.9. The second-order valence-electron chi connectivity index (χ2n) is 14.8. The first-order chi connectivity index (χ1) is 28.2. The van der Waals surface area contributed by atoms with Gasteiger partial charge in [0.2, 0.25) is 5.78 Å². The molecule has 4 heterocycles. The third kappa shape index (κ3) is 10.3. The van der Waals surface area contributed by atoms with Gasteiger partial charge in [-0.3, -0.25) is 14.4 Å². The maximum Gasteiger partial charge on any atom is 0.394 e. The molecule has 2 saturated heterocycles. The number of likely N-dealkylation sites (tertiary alicyclic amines) is 1. The minimum atomic E-state index is -2.54. The monoisotopic (exact) mass is 857 g/mol. The molecule has 0 saturated carbocycles. The molecule has 59 heavy (non-hydrogen) atoms. The number of nitrogens with one attached hydrogen (secondary N) is 2. The summed E-state index contributed by atoms with van der Waals surface area (Å²) in [6.07, 6.45) is -1.61. The Morgan fingerprint density at radius 1 is 0.712 bits per heavy atom. The van der Waals surface area contributed by atoms with Crippen molar-refractivity contribution < 1.29 is 51.3 Å². The Kier molecular flexibility index (Phi) is 13.8. The van der Waals surface area contributed by atoms with Crippen LogP contribution in [0.3, 0.4) is 0 Å². The maximum atomic E-state index is 12.9. The number of hydrogen-bond donors (Lipinski definition) is 3. The van der Waals surface area contributed by atoms with Gasteiger partial charge in [0, 0.05) is 68.3 Å². The van der Waals surface area contributed by atoms with Crippen LogP contribution in [0.5, 0.6) is 11.5 Å². The van der Waals surface area contributed by atoms with Gasteiger partial charge in [-0.15, -0.1) is 0 Å². The average Bonchev–Trinajstić information content (AvgIpc) is 3.76. The van der Waals surface area contributed by atoms with Crippen LogP contribution >= 0.6 is 23.2 Å². The van der Waals surface area contributed by atoms with Gasteiger partial charge in [-0.2, -0.15) is 0 Å². The largest absolute Gasteiger partial charge is 0.492 e. The molecule has 4 aliphatic heterocycles. The van der Waals surface area contributed by atoms with E-state index in [1.807, 2.05) is 6.07 Å². The highest BCUT2D eigenvalue weighted by molar-refractivity contribution is 6.37. The Balaban J connectivity index is 0.000000165. The number of benzene rings is 4. The third-order valence-electron chi connectivity index (χ3n) is 11.0. The molecular formula is C43H41Cl2F4N3O7. The highest BCUT2D eigenvalue weighted by atomic mass is 35.5. The highest BCUT2D eigenvalue weighted by Gasteiger charge is 2.45. The van der Waals surface area contributed by atoms with Gasteiger partial charge in [0.25, 0.3) is 18.8 Å². The summed E-state index contributed by atoms with van der Waals surface area (Å²) in [5.41, 5.74) is 2.94. The number of Topliss-reactive ketones (excluding diaryl/α,β-unsaturated/α-hetero) is 1. The molecule has 2 spiro atoms. The molecule has 4 aliphatic rings. The first-order valence-corrected chi connectivity index (χ1v) is 19.6. The minimum Gasteiger partial charge on any atom is -0.492 e. The van der Waals surface area contributed by atoms with Gasteiger partial charge < -0.3 is 30.1 Å². The molecule has 16 heteroatoms. The van der Waals surface area contributed by atoms with E-state index in [-0.39, 0.29) is 28.4 Å². The van der Waals surface area contributed by atoms with Gasteiger partial charge >= 0.3 is 11.9 Å². The van der Waals surface area contributed by atoms with E-state index in [0.717, 1.165) is 42.6 Å². The van der Waals surface area contributed by atoms with Gasteiger partial charge in [0.15, 0.2) is 0 Å². The van der Waals surface area contributed by atoms with Crippen molar-refractivity contribution in [1.82, 2.24) is 10.2 Å². The predicted octanol–water partition coefficient (Wildman–Crippen LogP) is 8.34. The Morgan fingerprint density at radius 2 is 1.19 bits per heavy atom. The number of piperidine rings is 2. The molecule has 2 amide bonds. The molecule has 4 aromatic rings. The number of alkyl halides is 4. The molecule has 0 bridgehead atoms. The van der Waals surface area contributed by atoms with E-state index in [2.05, 4.69) is 10.6 Å². The first kappa shape index (κ1) is 43.4. The number of aliphatic carboxylic acids is 1. The van der Waals surface area contributed by atoms with Crippen LogP contribution in [0.15, 0.2) is 84.9 Å². The number of anilines is 1. The zero-order valence-corrected chi connectivity index (χ0v) is 33.1. The number of amides is 2. The van der Waals surface area contributed by atoms with Crippen molar-refractivity contribution >= 4 is 52.5 Å². The molecule has 0 atom stereocenters. The number of ketones is 1. The van der Waals surface area contributed by atoms with Crippen molar-refractivity contribution in [3.8, 4) is 11.5 Å². The molecule has 312 valence electrons. The standard InChI is InChI=1S/C22H20ClF2NO3.C13H15F2NO.C8H6ClNO3/c23-16-4-1-14(2-5-16)11-18(27)21(28)26-9-7-22(8-10-26)13-29-19-12-15(20(24)25)3-6-17(19)22;14-12(15)9-1-2-10-11(7-9)17-8-13(10)3-5-16-6-4-13;9-5-1-3-6(4-2-5)10-7(11)8(12)13/h1-6,12,20H,7-11,13H2;1-2,7,12,16H,3-6,8H2;1-4H,(H,10,11)(H,12,13). The summed E-state index contributed by atoms with van der Waals surface area (Å²) in [6.45, 7) is 3.86. The van der Waals surface area contributed by atoms with Crippen LogP contribution in [0, 0.1) is 0 Å². The number of carbonyl (C=O) groups is 4. The number of fused-ring (bicyclic) bond motifs is 4. The number of ether oxygens (including phenoxy) is 2. The van der Waals surface area contributed by atoms with Crippen molar-refractivity contribution in [2.24, 2.45) is 0 Å². The lowest BCUT2D eigenvalue weighted by molar-refractivity contribution is -0.147. The molecule has 3 N–H and O–H groups in total.